The number of amides is 1. The molecule has 0 bridgehead atoms. The molecule has 5 nitrogen and oxygen atoms in total. The monoisotopic (exact) mass is 352 g/mol. The maximum atomic E-state index is 12.7. The molecule has 1 aromatic carbocycles. The number of nitrogens with zero attached hydrogens (tertiary/aromatic N) is 1. The summed E-state index contributed by atoms with van der Waals surface area (Å²) in [5, 5.41) is 0. The molecular formula is C18H28N2O3S. The zero-order chi connectivity index (χ0) is 17.7. The minimum absolute atomic E-state index is 0.102. The zero-order valence-electron chi connectivity index (χ0n) is 14.8. The lowest BCUT2D eigenvalue weighted by Crippen LogP contribution is -2.48. The molecule has 1 saturated heterocycles. The Morgan fingerprint density at radius 2 is 1.75 bits per heavy atom. The molecule has 1 N–H and O–H groups in total. The highest BCUT2D eigenvalue weighted by Crippen LogP contribution is 2.17. The van der Waals surface area contributed by atoms with Crippen LogP contribution in [0.25, 0.3) is 0 Å². The zero-order valence-corrected chi connectivity index (χ0v) is 15.6. The summed E-state index contributed by atoms with van der Waals surface area (Å²) >= 11 is 0. The van der Waals surface area contributed by atoms with Crippen LogP contribution in [-0.2, 0) is 21.2 Å². The molecule has 0 radical (unpaired) electrons. The third-order valence-electron chi connectivity index (χ3n) is 4.36. The van der Waals surface area contributed by atoms with Crippen molar-refractivity contribution in [1.29, 1.82) is 0 Å². The van der Waals surface area contributed by atoms with Gasteiger partial charge in [0.05, 0.1) is 4.90 Å². The Labute approximate surface area is 145 Å². The van der Waals surface area contributed by atoms with Gasteiger partial charge in [0, 0.05) is 13.1 Å². The van der Waals surface area contributed by atoms with Crippen LogP contribution in [0.5, 0.6) is 0 Å². The van der Waals surface area contributed by atoms with Crippen LogP contribution in [0.2, 0.25) is 0 Å². The first-order chi connectivity index (χ1) is 11.3. The highest BCUT2D eigenvalue weighted by Gasteiger charge is 2.31. The van der Waals surface area contributed by atoms with E-state index in [2.05, 4.69) is 4.72 Å². The number of carbonyl (C=O) groups is 1. The van der Waals surface area contributed by atoms with E-state index in [0.29, 0.717) is 6.42 Å². The first-order valence-corrected chi connectivity index (χ1v) is 10.2. The van der Waals surface area contributed by atoms with Crippen molar-refractivity contribution < 1.29 is 13.2 Å². The van der Waals surface area contributed by atoms with Gasteiger partial charge in [-0.15, -0.1) is 0 Å². The molecule has 1 fully saturated rings. The number of carbonyl (C=O) groups excluding carboxylic acids is 1. The predicted molar refractivity (Wildman–Crippen MR) is 95.2 cm³/mol. The van der Waals surface area contributed by atoms with Gasteiger partial charge in [0.15, 0.2) is 0 Å². The quantitative estimate of drug-likeness (QED) is 0.820. The van der Waals surface area contributed by atoms with Gasteiger partial charge in [-0.3, -0.25) is 4.79 Å². The van der Waals surface area contributed by atoms with Crippen molar-refractivity contribution in [2.24, 2.45) is 5.92 Å². The van der Waals surface area contributed by atoms with Crippen LogP contribution in [0.4, 0.5) is 0 Å². The van der Waals surface area contributed by atoms with Gasteiger partial charge in [-0.2, -0.15) is 4.72 Å². The van der Waals surface area contributed by atoms with Crippen LogP contribution >= 0.6 is 0 Å². The molecule has 0 aromatic heterocycles. The topological polar surface area (TPSA) is 66.5 Å². The molecule has 6 heteroatoms. The average molecular weight is 353 g/mol. The molecule has 0 spiro atoms. The number of hydrogen-bond donors (Lipinski definition) is 1. The average Bonchev–Trinajstić information content (AvgIpc) is 3.07. The largest absolute Gasteiger partial charge is 0.341 e. The smallest absolute Gasteiger partial charge is 0.241 e. The Bertz CT molecular complexity index is 647. The van der Waals surface area contributed by atoms with Crippen LogP contribution in [0.15, 0.2) is 29.2 Å². The predicted octanol–water partition coefficient (Wildman–Crippen LogP) is 2.56. The van der Waals surface area contributed by atoms with E-state index in [-0.39, 0.29) is 16.7 Å². The summed E-state index contributed by atoms with van der Waals surface area (Å²) in [6, 6.07) is 6.14. The molecule has 2 rings (SSSR count). The normalized spacial score (nSPS) is 16.6. The fraction of sp³-hybridized carbons (Fsp3) is 0.611. The van der Waals surface area contributed by atoms with E-state index >= 15 is 0 Å². The van der Waals surface area contributed by atoms with E-state index in [0.717, 1.165) is 37.9 Å². The summed E-state index contributed by atoms with van der Waals surface area (Å²) in [7, 11) is -3.70. The third kappa shape index (κ3) is 4.80. The molecule has 1 aliphatic rings. The lowest BCUT2D eigenvalue weighted by molar-refractivity contribution is -0.132. The van der Waals surface area contributed by atoms with Crippen molar-refractivity contribution in [2.75, 3.05) is 13.1 Å². The van der Waals surface area contributed by atoms with Crippen molar-refractivity contribution in [3.8, 4) is 0 Å². The highest BCUT2D eigenvalue weighted by atomic mass is 32.2. The molecule has 1 amide bonds. The Hall–Kier alpha value is -1.40. The molecule has 134 valence electrons. The maximum absolute atomic E-state index is 12.7. The maximum Gasteiger partial charge on any atom is 0.241 e. The Kier molecular flexibility index (Phi) is 6.40. The molecule has 0 aliphatic carbocycles. The van der Waals surface area contributed by atoms with Crippen LogP contribution in [0, 0.1) is 5.92 Å². The van der Waals surface area contributed by atoms with Gasteiger partial charge < -0.3 is 4.90 Å². The Morgan fingerprint density at radius 3 is 2.25 bits per heavy atom. The van der Waals surface area contributed by atoms with E-state index < -0.39 is 16.1 Å². The Balaban J connectivity index is 2.18. The second kappa shape index (κ2) is 8.12. The van der Waals surface area contributed by atoms with Gasteiger partial charge in [0.2, 0.25) is 15.9 Å². The van der Waals surface area contributed by atoms with Crippen molar-refractivity contribution in [1.82, 2.24) is 9.62 Å². The molecule has 1 atom stereocenters. The molecule has 1 aliphatic heterocycles. The summed E-state index contributed by atoms with van der Waals surface area (Å²) in [5.74, 6) is 0.127. The number of rotatable bonds is 7. The number of hydrogen-bond acceptors (Lipinski definition) is 3. The summed E-state index contributed by atoms with van der Waals surface area (Å²) in [6.07, 6.45) is 3.34. The van der Waals surface area contributed by atoms with Gasteiger partial charge in [-0.25, -0.2) is 8.42 Å². The summed E-state index contributed by atoms with van der Waals surface area (Å²) in [5.41, 5.74) is 1.08. The SMILES string of the molecule is CCc1ccc(S(=O)(=O)N[C@@H](CC(C)C)C(=O)N2CCCC2)cc1. The lowest BCUT2D eigenvalue weighted by atomic mass is 10.0. The third-order valence-corrected chi connectivity index (χ3v) is 5.85. The van der Waals surface area contributed by atoms with Gasteiger partial charge >= 0.3 is 0 Å². The minimum atomic E-state index is -3.70. The van der Waals surface area contributed by atoms with E-state index in [4.69, 9.17) is 0 Å². The van der Waals surface area contributed by atoms with Crippen molar-refractivity contribution in [3.63, 3.8) is 0 Å². The van der Waals surface area contributed by atoms with E-state index in [1.807, 2.05) is 32.9 Å². The number of benzene rings is 1. The second-order valence-electron chi connectivity index (χ2n) is 6.83. The molecular weight excluding hydrogens is 324 g/mol. The molecule has 1 aromatic rings. The van der Waals surface area contributed by atoms with Crippen LogP contribution in [0.1, 0.15) is 45.6 Å². The molecule has 1 heterocycles. The van der Waals surface area contributed by atoms with E-state index in [9.17, 15) is 13.2 Å². The van der Waals surface area contributed by atoms with Gasteiger partial charge in [-0.1, -0.05) is 32.9 Å². The number of sulfonamides is 1. The minimum Gasteiger partial charge on any atom is -0.341 e. The van der Waals surface area contributed by atoms with Crippen LogP contribution in [-0.4, -0.2) is 38.4 Å². The molecule has 0 unspecified atom stereocenters. The Morgan fingerprint density at radius 1 is 1.17 bits per heavy atom. The molecule has 0 saturated carbocycles. The summed E-state index contributed by atoms with van der Waals surface area (Å²) in [6.45, 7) is 7.46. The van der Waals surface area contributed by atoms with Crippen molar-refractivity contribution in [2.45, 2.75) is 57.4 Å². The first kappa shape index (κ1) is 18.9. The van der Waals surface area contributed by atoms with Gasteiger partial charge in [-0.05, 0) is 49.3 Å². The highest BCUT2D eigenvalue weighted by molar-refractivity contribution is 7.89. The van der Waals surface area contributed by atoms with E-state index in [1.54, 1.807) is 17.0 Å². The fourth-order valence-corrected chi connectivity index (χ4v) is 4.19. The van der Waals surface area contributed by atoms with Crippen molar-refractivity contribution in [3.05, 3.63) is 29.8 Å². The van der Waals surface area contributed by atoms with Crippen LogP contribution in [0.3, 0.4) is 0 Å². The van der Waals surface area contributed by atoms with E-state index in [1.165, 1.54) is 0 Å². The number of likely N-dealkylation sites (tertiary alicyclic amines) is 1. The summed E-state index contributed by atoms with van der Waals surface area (Å²) < 4.78 is 28.0. The van der Waals surface area contributed by atoms with Crippen molar-refractivity contribution >= 4 is 15.9 Å². The number of aryl methyl sites for hydroxylation is 1. The number of nitrogens with one attached hydrogen (secondary N) is 1. The first-order valence-electron chi connectivity index (χ1n) is 8.73. The fourth-order valence-electron chi connectivity index (χ4n) is 2.99. The van der Waals surface area contributed by atoms with Gasteiger partial charge in [0.25, 0.3) is 0 Å². The van der Waals surface area contributed by atoms with Crippen LogP contribution < -0.4 is 4.72 Å². The standard InChI is InChI=1S/C18H28N2O3S/c1-4-15-7-9-16(10-8-15)24(22,23)19-17(13-14(2)3)18(21)20-11-5-6-12-20/h7-10,14,17,19H,4-6,11-13H2,1-3H3/t17-/m0/s1. The molecule has 24 heavy (non-hydrogen) atoms. The summed E-state index contributed by atoms with van der Waals surface area (Å²) in [4.78, 5) is 14.7. The van der Waals surface area contributed by atoms with Gasteiger partial charge in [0.1, 0.15) is 6.04 Å². The lowest BCUT2D eigenvalue weighted by Gasteiger charge is -2.25. The second-order valence-corrected chi connectivity index (χ2v) is 8.55.